The second-order valence-corrected chi connectivity index (χ2v) is 20.4. The molecule has 3 heterocycles. The predicted octanol–water partition coefficient (Wildman–Crippen LogP) is 13.3. The molecule has 0 fully saturated rings. The number of fused-ring (bicyclic) bond motifs is 9. The normalized spacial score (nSPS) is 11.9. The SMILES string of the molecule is Cc1cc(C)c(B(c2ccc(-n3c4ccccc4c4cc(-c5ccc6c(c5)c5ccccc5n6-c5ccc6[se]c7ccccc7c6c5)ccc43)cc2)c2c(C)cc(C)cc2C)c(C)c1. The molecule has 0 radical (unpaired) electrons. The number of rotatable bonds is 6. The van der Waals surface area contributed by atoms with E-state index in [0.717, 1.165) is 0 Å². The fraction of sp³-hybridized carbons (Fsp3) is 0.100. The van der Waals surface area contributed by atoms with Gasteiger partial charge in [0.2, 0.25) is 6.71 Å². The van der Waals surface area contributed by atoms with E-state index in [0.29, 0.717) is 14.5 Å². The summed E-state index contributed by atoms with van der Waals surface area (Å²) in [5, 5.41) is 7.82. The second kappa shape index (κ2) is 14.9. The quantitative estimate of drug-likeness (QED) is 0.147. The van der Waals surface area contributed by atoms with Crippen molar-refractivity contribution >= 4 is 101 Å². The van der Waals surface area contributed by atoms with Crippen LogP contribution < -0.4 is 16.4 Å². The van der Waals surface area contributed by atoms with E-state index in [1.54, 1.807) is 0 Å². The third-order valence-corrected chi connectivity index (χ3v) is 16.3. The zero-order valence-electron chi connectivity index (χ0n) is 37.1. The van der Waals surface area contributed by atoms with E-state index in [-0.39, 0.29) is 6.71 Å². The van der Waals surface area contributed by atoms with Gasteiger partial charge >= 0.3 is 185 Å². The molecule has 0 aliphatic rings. The molecule has 0 saturated heterocycles. The van der Waals surface area contributed by atoms with E-state index < -0.39 is 0 Å². The van der Waals surface area contributed by atoms with Crippen LogP contribution in [0.2, 0.25) is 0 Å². The first-order chi connectivity index (χ1) is 31.2. The molecule has 0 unspecified atom stereocenters. The first kappa shape index (κ1) is 38.8. The Kier molecular flexibility index (Phi) is 9.02. The summed E-state index contributed by atoms with van der Waals surface area (Å²) >= 11 is 0.350. The molecule has 64 heavy (non-hydrogen) atoms. The van der Waals surface area contributed by atoms with Crippen molar-refractivity contribution in [2.75, 3.05) is 0 Å². The van der Waals surface area contributed by atoms with Crippen LogP contribution in [-0.2, 0) is 0 Å². The number of hydrogen-bond acceptors (Lipinski definition) is 0. The first-order valence-corrected chi connectivity index (χ1v) is 24.2. The van der Waals surface area contributed by atoms with Crippen LogP contribution in [0.1, 0.15) is 33.4 Å². The van der Waals surface area contributed by atoms with Crippen LogP contribution in [0.3, 0.4) is 0 Å². The van der Waals surface area contributed by atoms with Crippen molar-refractivity contribution in [2.45, 2.75) is 41.5 Å². The fourth-order valence-electron chi connectivity index (χ4n) is 11.3. The van der Waals surface area contributed by atoms with Crippen LogP contribution in [-0.4, -0.2) is 30.4 Å². The Bertz CT molecular complexity index is 3760. The van der Waals surface area contributed by atoms with E-state index in [1.165, 1.54) is 135 Å². The fourth-order valence-corrected chi connectivity index (χ4v) is 13.6. The number of nitrogens with zero attached hydrogens (tertiary/aromatic N) is 2. The van der Waals surface area contributed by atoms with Crippen LogP contribution in [0.25, 0.3) is 85.4 Å². The third kappa shape index (κ3) is 6.08. The molecule has 0 aliphatic heterocycles. The number of benzene rings is 9. The third-order valence-electron chi connectivity index (χ3n) is 13.8. The van der Waals surface area contributed by atoms with Gasteiger partial charge in [0.05, 0.1) is 11.0 Å². The van der Waals surface area contributed by atoms with Crippen molar-refractivity contribution in [1.82, 2.24) is 9.13 Å². The van der Waals surface area contributed by atoms with Gasteiger partial charge in [-0.3, -0.25) is 0 Å². The summed E-state index contributed by atoms with van der Waals surface area (Å²) < 4.78 is 7.85. The molecule has 12 rings (SSSR count). The molecular formula is C60H47BN2Se. The van der Waals surface area contributed by atoms with Crippen molar-refractivity contribution in [1.29, 1.82) is 0 Å². The summed E-state index contributed by atoms with van der Waals surface area (Å²) in [4.78, 5) is 0. The predicted molar refractivity (Wildman–Crippen MR) is 278 cm³/mol. The number of para-hydroxylation sites is 2. The minimum atomic E-state index is 0.133. The Hall–Kier alpha value is -6.84. The number of aromatic nitrogens is 2. The van der Waals surface area contributed by atoms with E-state index in [1.807, 2.05) is 0 Å². The smallest absolute Gasteiger partial charge is 0.0649 e. The molecule has 3 aromatic heterocycles. The zero-order valence-corrected chi connectivity index (χ0v) is 38.8. The second-order valence-electron chi connectivity index (χ2n) is 18.1. The van der Waals surface area contributed by atoms with Crippen molar-refractivity contribution in [3.63, 3.8) is 0 Å². The van der Waals surface area contributed by atoms with Gasteiger partial charge < -0.3 is 4.57 Å². The topological polar surface area (TPSA) is 9.86 Å². The molecule has 0 aliphatic carbocycles. The summed E-state index contributed by atoms with van der Waals surface area (Å²) in [6, 6.07) is 66.7. The summed E-state index contributed by atoms with van der Waals surface area (Å²) in [6.45, 7) is 13.7. The molecule has 306 valence electrons. The standard InChI is InChI=1S/C60H47BN2Se/c1-36-29-38(3)59(39(4)30-36)61(60-40(5)31-37(2)32-41(60)6)44-21-23-45(24-22-44)62-53-16-10-7-13-47(53)50-33-42(19-26-55(50)62)43-20-27-56-51(34-43)48-14-8-11-17-54(48)63(56)46-25-28-58-52(35-46)49-15-9-12-18-57(49)64-58/h7-35H,1-6H3. The number of aryl methyl sites for hydroxylation is 6. The van der Waals surface area contributed by atoms with Crippen LogP contribution >= 0.6 is 0 Å². The average Bonchev–Trinajstić information content (AvgIpc) is 3.95. The molecule has 0 N–H and O–H groups in total. The van der Waals surface area contributed by atoms with Gasteiger partial charge in [-0.1, -0.05) is 104 Å². The van der Waals surface area contributed by atoms with Crippen LogP contribution in [0.4, 0.5) is 0 Å². The van der Waals surface area contributed by atoms with Gasteiger partial charge in [-0.25, -0.2) is 0 Å². The van der Waals surface area contributed by atoms with Crippen molar-refractivity contribution in [3.8, 4) is 22.5 Å². The van der Waals surface area contributed by atoms with E-state index in [2.05, 4.69) is 227 Å². The van der Waals surface area contributed by atoms with E-state index in [9.17, 15) is 0 Å². The summed E-state index contributed by atoms with van der Waals surface area (Å²) in [6.07, 6.45) is 0. The molecule has 4 heteroatoms. The Morgan fingerprint density at radius 3 is 1.33 bits per heavy atom. The Morgan fingerprint density at radius 1 is 0.344 bits per heavy atom. The molecule has 0 amide bonds. The summed E-state index contributed by atoms with van der Waals surface area (Å²) in [7, 11) is 0. The van der Waals surface area contributed by atoms with Crippen LogP contribution in [0.15, 0.2) is 176 Å². The minimum Gasteiger partial charge on any atom is -0.0649 e. The summed E-state index contributed by atoms with van der Waals surface area (Å²) in [5.41, 5.74) is 21.9. The Labute approximate surface area is 380 Å². The molecule has 12 aromatic rings. The van der Waals surface area contributed by atoms with Gasteiger partial charge in [0.15, 0.2) is 0 Å². The van der Waals surface area contributed by atoms with Crippen molar-refractivity contribution < 1.29 is 0 Å². The van der Waals surface area contributed by atoms with Crippen molar-refractivity contribution in [2.24, 2.45) is 0 Å². The van der Waals surface area contributed by atoms with E-state index in [4.69, 9.17) is 0 Å². The van der Waals surface area contributed by atoms with Gasteiger partial charge in [-0.15, -0.1) is 0 Å². The van der Waals surface area contributed by atoms with Crippen LogP contribution in [0.5, 0.6) is 0 Å². The summed E-state index contributed by atoms with van der Waals surface area (Å²) in [5.74, 6) is 0. The number of hydrogen-bond donors (Lipinski definition) is 0. The average molecular weight is 886 g/mol. The van der Waals surface area contributed by atoms with Crippen LogP contribution in [0, 0.1) is 41.5 Å². The van der Waals surface area contributed by atoms with E-state index >= 15 is 0 Å². The monoisotopic (exact) mass is 886 g/mol. The zero-order chi connectivity index (χ0) is 43.4. The van der Waals surface area contributed by atoms with Gasteiger partial charge in [0.1, 0.15) is 0 Å². The molecule has 0 atom stereocenters. The first-order valence-electron chi connectivity index (χ1n) is 22.4. The Balaban J connectivity index is 0.969. The van der Waals surface area contributed by atoms with Gasteiger partial charge in [-0.2, -0.15) is 0 Å². The maximum absolute atomic E-state index is 2.46. The molecule has 0 bridgehead atoms. The molecular weight excluding hydrogens is 838 g/mol. The molecule has 2 nitrogen and oxygen atoms in total. The van der Waals surface area contributed by atoms with Crippen molar-refractivity contribution in [3.05, 3.63) is 209 Å². The minimum absolute atomic E-state index is 0.133. The van der Waals surface area contributed by atoms with Gasteiger partial charge in [0, 0.05) is 11.1 Å². The maximum atomic E-state index is 2.46. The van der Waals surface area contributed by atoms with Gasteiger partial charge in [-0.05, 0) is 59.7 Å². The molecule has 0 spiro atoms. The molecule has 9 aromatic carbocycles. The Morgan fingerprint density at radius 2 is 0.781 bits per heavy atom. The molecule has 0 saturated carbocycles. The van der Waals surface area contributed by atoms with Gasteiger partial charge in [0.25, 0.3) is 0 Å².